The van der Waals surface area contributed by atoms with Gasteiger partial charge in [-0.05, 0) is 51.4 Å². The highest BCUT2D eigenvalue weighted by Crippen LogP contribution is 2.18. The Balaban J connectivity index is 4.53. The Morgan fingerprint density at radius 2 is 0.909 bits per heavy atom. The van der Waals surface area contributed by atoms with Crippen LogP contribution in [-0.2, 0) is 14.3 Å². The van der Waals surface area contributed by atoms with Gasteiger partial charge in [0.15, 0.2) is 0 Å². The number of unbranched alkanes of at least 4 members (excludes halogenated alkanes) is 28. The molecule has 55 heavy (non-hydrogen) atoms. The summed E-state index contributed by atoms with van der Waals surface area (Å²) in [7, 11) is 0. The number of aliphatic hydroxyl groups excluding tert-OH is 2. The van der Waals surface area contributed by atoms with Crippen LogP contribution in [0.25, 0.3) is 0 Å². The highest BCUT2D eigenvalue weighted by atomic mass is 16.5. The molecule has 0 aliphatic rings. The zero-order valence-electron chi connectivity index (χ0n) is 36.8. The number of hydrogen-bond donors (Lipinski definition) is 3. The van der Waals surface area contributed by atoms with Gasteiger partial charge in [-0.3, -0.25) is 9.59 Å². The van der Waals surface area contributed by atoms with Crippen LogP contribution >= 0.6 is 0 Å². The van der Waals surface area contributed by atoms with E-state index in [1.165, 1.54) is 154 Å². The van der Waals surface area contributed by atoms with Crippen LogP contribution in [0.4, 0.5) is 0 Å². The van der Waals surface area contributed by atoms with Crippen molar-refractivity contribution < 1.29 is 24.5 Å². The molecule has 0 saturated carbocycles. The number of aliphatic hydroxyl groups is 2. The summed E-state index contributed by atoms with van der Waals surface area (Å²) in [6.45, 7) is 6.44. The number of rotatable bonds is 43. The third-order valence-electron chi connectivity index (χ3n) is 11.1. The van der Waals surface area contributed by atoms with Gasteiger partial charge >= 0.3 is 5.97 Å². The molecule has 0 bridgehead atoms. The van der Waals surface area contributed by atoms with Gasteiger partial charge in [0.05, 0.1) is 25.2 Å². The number of hydrogen-bond acceptors (Lipinski definition) is 5. The van der Waals surface area contributed by atoms with Gasteiger partial charge in [-0.1, -0.05) is 212 Å². The van der Waals surface area contributed by atoms with Gasteiger partial charge in [0.2, 0.25) is 5.91 Å². The molecule has 0 aromatic carbocycles. The molecular formula is C49H93NO5. The van der Waals surface area contributed by atoms with Gasteiger partial charge in [-0.25, -0.2) is 0 Å². The van der Waals surface area contributed by atoms with Gasteiger partial charge in [0.1, 0.15) is 6.10 Å². The van der Waals surface area contributed by atoms with Crippen LogP contribution in [-0.4, -0.2) is 46.9 Å². The minimum atomic E-state index is -0.783. The van der Waals surface area contributed by atoms with Crippen LogP contribution in [0, 0.1) is 0 Å². The van der Waals surface area contributed by atoms with E-state index < -0.39 is 18.2 Å². The second-order valence-electron chi connectivity index (χ2n) is 16.5. The molecule has 0 rings (SSSR count). The summed E-state index contributed by atoms with van der Waals surface area (Å²) in [5.74, 6) is -0.479. The maximum absolute atomic E-state index is 13.1. The Kier molecular flexibility index (Phi) is 42.2. The molecule has 0 radical (unpaired) electrons. The molecule has 324 valence electrons. The second-order valence-corrected chi connectivity index (χ2v) is 16.5. The van der Waals surface area contributed by atoms with Gasteiger partial charge < -0.3 is 20.3 Å². The van der Waals surface area contributed by atoms with Crippen molar-refractivity contribution >= 4 is 11.9 Å². The molecular weight excluding hydrogens is 683 g/mol. The molecule has 1 amide bonds. The summed E-state index contributed by atoms with van der Waals surface area (Å²) in [4.78, 5) is 26.0. The molecule has 0 aromatic heterocycles. The van der Waals surface area contributed by atoms with Crippen LogP contribution in [0.2, 0.25) is 0 Å². The van der Waals surface area contributed by atoms with Crippen molar-refractivity contribution in [3.8, 4) is 0 Å². The van der Waals surface area contributed by atoms with E-state index in [1.54, 1.807) is 0 Å². The summed E-state index contributed by atoms with van der Waals surface area (Å²) in [6, 6.07) is -0.697. The fourth-order valence-corrected chi connectivity index (χ4v) is 7.36. The summed E-state index contributed by atoms with van der Waals surface area (Å²) in [5, 5.41) is 23.6. The molecule has 6 nitrogen and oxygen atoms in total. The molecule has 3 atom stereocenters. The average molecular weight is 776 g/mol. The minimum absolute atomic E-state index is 0.0773. The topological polar surface area (TPSA) is 95.9 Å². The van der Waals surface area contributed by atoms with Crippen molar-refractivity contribution in [2.45, 2.75) is 270 Å². The Hall–Kier alpha value is -1.66. The van der Waals surface area contributed by atoms with E-state index in [2.05, 4.69) is 50.4 Å². The van der Waals surface area contributed by atoms with Crippen LogP contribution in [0.3, 0.4) is 0 Å². The number of ether oxygens (including phenoxy) is 1. The van der Waals surface area contributed by atoms with E-state index in [1.807, 2.05) is 0 Å². The molecule has 0 aliphatic heterocycles. The Morgan fingerprint density at radius 1 is 0.527 bits per heavy atom. The van der Waals surface area contributed by atoms with Crippen molar-refractivity contribution in [3.63, 3.8) is 0 Å². The highest BCUT2D eigenvalue weighted by Gasteiger charge is 2.24. The van der Waals surface area contributed by atoms with E-state index in [0.717, 1.165) is 51.4 Å². The van der Waals surface area contributed by atoms with E-state index in [0.29, 0.717) is 19.3 Å². The first-order valence-corrected chi connectivity index (χ1v) is 24.1. The van der Waals surface area contributed by atoms with E-state index in [-0.39, 0.29) is 24.9 Å². The van der Waals surface area contributed by atoms with Crippen molar-refractivity contribution in [2.24, 2.45) is 0 Å². The zero-order valence-corrected chi connectivity index (χ0v) is 36.8. The first kappa shape index (κ1) is 53.3. The number of carbonyl (C=O) groups is 2. The average Bonchev–Trinajstić information content (AvgIpc) is 3.18. The van der Waals surface area contributed by atoms with Crippen LogP contribution in [0.5, 0.6) is 0 Å². The lowest BCUT2D eigenvalue weighted by Gasteiger charge is -2.24. The zero-order chi connectivity index (χ0) is 40.3. The van der Waals surface area contributed by atoms with Crippen LogP contribution < -0.4 is 5.32 Å². The Morgan fingerprint density at radius 3 is 1.38 bits per heavy atom. The van der Waals surface area contributed by atoms with E-state index in [4.69, 9.17) is 4.74 Å². The quantitative estimate of drug-likeness (QED) is 0.0326. The van der Waals surface area contributed by atoms with Crippen LogP contribution in [0.15, 0.2) is 24.3 Å². The fraction of sp³-hybridized carbons (Fsp3) is 0.878. The summed E-state index contributed by atoms with van der Waals surface area (Å²) >= 11 is 0. The van der Waals surface area contributed by atoms with Crippen molar-refractivity contribution in [1.82, 2.24) is 5.32 Å². The number of esters is 1. The van der Waals surface area contributed by atoms with Gasteiger partial charge in [-0.15, -0.1) is 0 Å². The molecule has 6 heteroatoms. The Bertz CT molecular complexity index is 873. The van der Waals surface area contributed by atoms with Crippen LogP contribution in [0.1, 0.15) is 252 Å². The summed E-state index contributed by atoms with van der Waals surface area (Å²) < 4.78 is 5.90. The fourth-order valence-electron chi connectivity index (χ4n) is 7.36. The predicted octanol–water partition coefficient (Wildman–Crippen LogP) is 14.0. The molecule has 0 saturated heterocycles. The largest absolute Gasteiger partial charge is 0.462 e. The van der Waals surface area contributed by atoms with E-state index in [9.17, 15) is 19.8 Å². The number of allylic oxidation sites excluding steroid dienone is 4. The van der Waals surface area contributed by atoms with Gasteiger partial charge in [0.25, 0.3) is 0 Å². The number of carbonyl (C=O) groups excluding carboxylic acids is 2. The maximum atomic E-state index is 13.1. The number of amides is 1. The third kappa shape index (κ3) is 39.0. The van der Waals surface area contributed by atoms with Crippen molar-refractivity contribution in [3.05, 3.63) is 24.3 Å². The number of nitrogens with one attached hydrogen (secondary N) is 1. The SMILES string of the molecule is CCCCC/C=C/C=C/CCCCCCCCC(=O)OC(CCCCCCCCCCCC)CC(=O)NC(CO)C(O)CCCCCCCCCCCCC. The monoisotopic (exact) mass is 776 g/mol. The van der Waals surface area contributed by atoms with Gasteiger partial charge in [0, 0.05) is 6.42 Å². The lowest BCUT2D eigenvalue weighted by Crippen LogP contribution is -2.46. The first-order chi connectivity index (χ1) is 27.0. The smallest absolute Gasteiger partial charge is 0.306 e. The minimum Gasteiger partial charge on any atom is -0.462 e. The molecule has 0 spiro atoms. The predicted molar refractivity (Wildman–Crippen MR) is 236 cm³/mol. The van der Waals surface area contributed by atoms with Gasteiger partial charge in [-0.2, -0.15) is 0 Å². The van der Waals surface area contributed by atoms with E-state index >= 15 is 0 Å². The molecule has 0 aromatic rings. The summed E-state index contributed by atoms with van der Waals surface area (Å²) in [5.41, 5.74) is 0. The molecule has 0 heterocycles. The first-order valence-electron chi connectivity index (χ1n) is 24.1. The third-order valence-corrected chi connectivity index (χ3v) is 11.1. The maximum Gasteiger partial charge on any atom is 0.306 e. The lowest BCUT2D eigenvalue weighted by molar-refractivity contribution is -0.151. The van der Waals surface area contributed by atoms with Crippen molar-refractivity contribution in [1.29, 1.82) is 0 Å². The lowest BCUT2D eigenvalue weighted by atomic mass is 10.0. The standard InChI is InChI=1S/C49H93NO5/c1-4-7-10-13-16-19-22-23-24-25-27-30-33-36-39-42-49(54)55-45(40-37-34-31-28-21-18-15-12-9-6-3)43-48(53)50-46(44-51)47(52)41-38-35-32-29-26-20-17-14-11-8-5-2/h16,19,22-23,45-47,51-52H,4-15,17-18,20-21,24-44H2,1-3H3,(H,50,53)/b19-16+,23-22+. The molecule has 0 fully saturated rings. The molecule has 3 N–H and O–H groups in total. The second kappa shape index (κ2) is 43.5. The molecule has 0 aliphatic carbocycles. The highest BCUT2D eigenvalue weighted by molar-refractivity contribution is 5.77. The summed E-state index contributed by atoms with van der Waals surface area (Å²) in [6.07, 6.45) is 48.0. The van der Waals surface area contributed by atoms with Crippen molar-refractivity contribution in [2.75, 3.05) is 6.61 Å². The molecule has 3 unspecified atom stereocenters. The Labute approximate surface area is 341 Å². The normalized spacial score (nSPS) is 13.5.